The van der Waals surface area contributed by atoms with E-state index in [0.717, 1.165) is 18.8 Å². The highest BCUT2D eigenvalue weighted by molar-refractivity contribution is 4.54. The first-order valence-electron chi connectivity index (χ1n) is 5.96. The summed E-state index contributed by atoms with van der Waals surface area (Å²) in [5.74, 6) is 0.831. The highest BCUT2D eigenvalue weighted by Crippen LogP contribution is 2.04. The first-order valence-corrected chi connectivity index (χ1v) is 5.96. The molecule has 0 heterocycles. The smallest absolute Gasteiger partial charge is 0.0431 e. The fourth-order valence-electron chi connectivity index (χ4n) is 1.55. The number of hydrogen-bond acceptors (Lipinski definition) is 2. The summed E-state index contributed by atoms with van der Waals surface area (Å²) in [5.41, 5.74) is 0. The standard InChI is InChI=1S/C12H27NO/c1-12(2)8-7-10-13(3)9-5-4-6-11-14/h12,14H,4-11H2,1-3H3. The number of aliphatic hydroxyl groups excluding tert-OH is 1. The van der Waals surface area contributed by atoms with E-state index in [4.69, 9.17) is 5.11 Å². The van der Waals surface area contributed by atoms with Gasteiger partial charge in [-0.05, 0) is 58.2 Å². The summed E-state index contributed by atoms with van der Waals surface area (Å²) in [6.07, 6.45) is 5.98. The van der Waals surface area contributed by atoms with Crippen molar-refractivity contribution in [3.05, 3.63) is 0 Å². The lowest BCUT2D eigenvalue weighted by Crippen LogP contribution is -2.21. The van der Waals surface area contributed by atoms with Crippen LogP contribution in [0.4, 0.5) is 0 Å². The molecular weight excluding hydrogens is 174 g/mol. The summed E-state index contributed by atoms with van der Waals surface area (Å²) in [4.78, 5) is 2.40. The summed E-state index contributed by atoms with van der Waals surface area (Å²) in [6.45, 7) is 7.30. The molecule has 0 aromatic rings. The maximum absolute atomic E-state index is 8.62. The molecule has 0 rings (SSSR count). The van der Waals surface area contributed by atoms with E-state index >= 15 is 0 Å². The molecule has 0 spiro atoms. The molecule has 2 nitrogen and oxygen atoms in total. The van der Waals surface area contributed by atoms with E-state index in [1.165, 1.54) is 32.4 Å². The molecule has 0 saturated carbocycles. The molecule has 0 aliphatic rings. The highest BCUT2D eigenvalue weighted by atomic mass is 16.2. The van der Waals surface area contributed by atoms with Gasteiger partial charge in [0.1, 0.15) is 0 Å². The first-order chi connectivity index (χ1) is 6.66. The van der Waals surface area contributed by atoms with Crippen LogP contribution in [0.25, 0.3) is 0 Å². The normalized spacial score (nSPS) is 11.6. The van der Waals surface area contributed by atoms with Crippen molar-refractivity contribution in [2.75, 3.05) is 26.7 Å². The van der Waals surface area contributed by atoms with Gasteiger partial charge < -0.3 is 10.0 Å². The first kappa shape index (κ1) is 13.9. The lowest BCUT2D eigenvalue weighted by Gasteiger charge is -2.16. The Bertz CT molecular complexity index is 115. The van der Waals surface area contributed by atoms with E-state index in [-0.39, 0.29) is 0 Å². The van der Waals surface area contributed by atoms with Crippen molar-refractivity contribution in [1.82, 2.24) is 4.90 Å². The third-order valence-corrected chi connectivity index (χ3v) is 2.52. The van der Waals surface area contributed by atoms with Crippen LogP contribution in [0.3, 0.4) is 0 Å². The largest absolute Gasteiger partial charge is 0.396 e. The quantitative estimate of drug-likeness (QED) is 0.579. The van der Waals surface area contributed by atoms with Crippen molar-refractivity contribution >= 4 is 0 Å². The number of rotatable bonds is 9. The molecule has 0 atom stereocenters. The molecule has 2 heteroatoms. The van der Waals surface area contributed by atoms with E-state index in [9.17, 15) is 0 Å². The molecule has 0 aliphatic heterocycles. The lowest BCUT2D eigenvalue weighted by atomic mass is 10.1. The highest BCUT2D eigenvalue weighted by Gasteiger charge is 1.99. The van der Waals surface area contributed by atoms with Gasteiger partial charge in [0.2, 0.25) is 0 Å². The SMILES string of the molecule is CC(C)CCCN(C)CCCCCO. The molecule has 0 aromatic carbocycles. The number of unbranched alkanes of at least 4 members (excludes halogenated alkanes) is 2. The van der Waals surface area contributed by atoms with E-state index in [1.54, 1.807) is 0 Å². The topological polar surface area (TPSA) is 23.5 Å². The summed E-state index contributed by atoms with van der Waals surface area (Å²) in [7, 11) is 2.19. The minimum Gasteiger partial charge on any atom is -0.396 e. The van der Waals surface area contributed by atoms with Gasteiger partial charge in [-0.2, -0.15) is 0 Å². The third kappa shape index (κ3) is 10.0. The minimum atomic E-state index is 0.344. The number of nitrogens with zero attached hydrogens (tertiary/aromatic N) is 1. The second kappa shape index (κ2) is 9.47. The maximum Gasteiger partial charge on any atom is 0.0431 e. The predicted octanol–water partition coefficient (Wildman–Crippen LogP) is 2.52. The Balaban J connectivity index is 3.15. The Morgan fingerprint density at radius 3 is 2.21 bits per heavy atom. The summed E-state index contributed by atoms with van der Waals surface area (Å²) in [5, 5.41) is 8.62. The second-order valence-corrected chi connectivity index (χ2v) is 4.62. The lowest BCUT2D eigenvalue weighted by molar-refractivity contribution is 0.270. The van der Waals surface area contributed by atoms with E-state index in [0.29, 0.717) is 6.61 Å². The molecule has 0 bridgehead atoms. The molecule has 0 amide bonds. The van der Waals surface area contributed by atoms with Crippen LogP contribution >= 0.6 is 0 Å². The fraction of sp³-hybridized carbons (Fsp3) is 1.00. The molecule has 0 radical (unpaired) electrons. The van der Waals surface area contributed by atoms with Gasteiger partial charge >= 0.3 is 0 Å². The average Bonchev–Trinajstić information content (AvgIpc) is 2.12. The van der Waals surface area contributed by atoms with Crippen molar-refractivity contribution in [2.24, 2.45) is 5.92 Å². The zero-order valence-electron chi connectivity index (χ0n) is 10.1. The van der Waals surface area contributed by atoms with Crippen molar-refractivity contribution in [2.45, 2.75) is 46.0 Å². The summed E-state index contributed by atoms with van der Waals surface area (Å²) >= 11 is 0. The zero-order chi connectivity index (χ0) is 10.8. The maximum atomic E-state index is 8.62. The third-order valence-electron chi connectivity index (χ3n) is 2.52. The predicted molar refractivity (Wildman–Crippen MR) is 62.5 cm³/mol. The molecule has 86 valence electrons. The molecule has 0 aliphatic carbocycles. The Morgan fingerprint density at radius 2 is 1.64 bits per heavy atom. The van der Waals surface area contributed by atoms with Crippen LogP contribution in [-0.4, -0.2) is 36.8 Å². The van der Waals surface area contributed by atoms with Crippen LogP contribution in [0.1, 0.15) is 46.0 Å². The molecule has 0 fully saturated rings. The molecule has 14 heavy (non-hydrogen) atoms. The van der Waals surface area contributed by atoms with E-state index in [1.807, 2.05) is 0 Å². The molecule has 0 saturated heterocycles. The van der Waals surface area contributed by atoms with Crippen molar-refractivity contribution in [1.29, 1.82) is 0 Å². The average molecular weight is 201 g/mol. The number of hydrogen-bond donors (Lipinski definition) is 1. The summed E-state index contributed by atoms with van der Waals surface area (Å²) < 4.78 is 0. The molecule has 0 unspecified atom stereocenters. The summed E-state index contributed by atoms with van der Waals surface area (Å²) in [6, 6.07) is 0. The van der Waals surface area contributed by atoms with Gasteiger partial charge in [0.15, 0.2) is 0 Å². The van der Waals surface area contributed by atoms with Crippen LogP contribution in [0.2, 0.25) is 0 Å². The Labute approximate surface area is 89.3 Å². The zero-order valence-corrected chi connectivity index (χ0v) is 10.1. The van der Waals surface area contributed by atoms with Gasteiger partial charge in [-0.1, -0.05) is 13.8 Å². The van der Waals surface area contributed by atoms with Gasteiger partial charge in [0, 0.05) is 6.61 Å². The van der Waals surface area contributed by atoms with Crippen LogP contribution in [0, 0.1) is 5.92 Å². The number of aliphatic hydroxyl groups is 1. The van der Waals surface area contributed by atoms with Crippen molar-refractivity contribution in [3.63, 3.8) is 0 Å². The monoisotopic (exact) mass is 201 g/mol. The Kier molecular flexibility index (Phi) is 9.42. The fourth-order valence-corrected chi connectivity index (χ4v) is 1.55. The van der Waals surface area contributed by atoms with Gasteiger partial charge in [0.05, 0.1) is 0 Å². The van der Waals surface area contributed by atoms with Gasteiger partial charge in [-0.3, -0.25) is 0 Å². The van der Waals surface area contributed by atoms with Gasteiger partial charge in [-0.15, -0.1) is 0 Å². The van der Waals surface area contributed by atoms with Crippen molar-refractivity contribution in [3.8, 4) is 0 Å². The molecule has 0 aromatic heterocycles. The molecule has 1 N–H and O–H groups in total. The van der Waals surface area contributed by atoms with Gasteiger partial charge in [0.25, 0.3) is 0 Å². The van der Waals surface area contributed by atoms with Crippen LogP contribution in [-0.2, 0) is 0 Å². The minimum absolute atomic E-state index is 0.344. The van der Waals surface area contributed by atoms with Crippen molar-refractivity contribution < 1.29 is 5.11 Å². The van der Waals surface area contributed by atoms with E-state index in [2.05, 4.69) is 25.8 Å². The van der Waals surface area contributed by atoms with E-state index < -0.39 is 0 Å². The van der Waals surface area contributed by atoms with Crippen LogP contribution in [0.5, 0.6) is 0 Å². The Hall–Kier alpha value is -0.0800. The van der Waals surface area contributed by atoms with Gasteiger partial charge in [-0.25, -0.2) is 0 Å². The second-order valence-electron chi connectivity index (χ2n) is 4.62. The Morgan fingerprint density at radius 1 is 1.00 bits per heavy atom. The van der Waals surface area contributed by atoms with Crippen LogP contribution in [0.15, 0.2) is 0 Å². The molecular formula is C12H27NO. The van der Waals surface area contributed by atoms with Crippen LogP contribution < -0.4 is 0 Å².